The number of alkyl halides is 5. The largest absolute Gasteiger partial charge is 0.743 e. The second-order valence-electron chi connectivity index (χ2n) is 10.4. The van der Waals surface area contributed by atoms with Crippen LogP contribution in [0.2, 0.25) is 0 Å². The van der Waals surface area contributed by atoms with Crippen molar-refractivity contribution in [1.82, 2.24) is 0 Å². The lowest BCUT2D eigenvalue weighted by Crippen LogP contribution is -2.32. The van der Waals surface area contributed by atoms with Crippen LogP contribution in [0.4, 0.5) is 22.0 Å². The fourth-order valence-electron chi connectivity index (χ4n) is 5.53. The summed E-state index contributed by atoms with van der Waals surface area (Å²) in [6.45, 7) is 0. The second kappa shape index (κ2) is 13.1. The minimum absolute atomic E-state index is 0.0951. The van der Waals surface area contributed by atoms with Crippen molar-refractivity contribution in [2.75, 3.05) is 0 Å². The van der Waals surface area contributed by atoms with E-state index >= 15 is 0 Å². The molecular formula is C30H29F5O5S2. The van der Waals surface area contributed by atoms with Crippen molar-refractivity contribution in [2.45, 2.75) is 64.6 Å². The summed E-state index contributed by atoms with van der Waals surface area (Å²) in [4.78, 5) is 14.6. The minimum Gasteiger partial charge on any atom is -0.743 e. The topological polar surface area (TPSA) is 83.5 Å². The number of rotatable bonds is 8. The molecule has 3 atom stereocenters. The Morgan fingerprint density at radius 2 is 1.33 bits per heavy atom. The molecule has 0 amide bonds. The predicted molar refractivity (Wildman–Crippen MR) is 146 cm³/mol. The number of halogens is 5. The first-order valence-corrected chi connectivity index (χ1v) is 15.9. The molecular weight excluding hydrogens is 599 g/mol. The Morgan fingerprint density at radius 1 is 0.810 bits per heavy atom. The van der Waals surface area contributed by atoms with E-state index in [0.717, 1.165) is 33.9 Å². The van der Waals surface area contributed by atoms with E-state index in [1.54, 1.807) is 12.1 Å². The molecule has 0 radical (unpaired) electrons. The van der Waals surface area contributed by atoms with Crippen molar-refractivity contribution in [1.29, 1.82) is 0 Å². The highest BCUT2D eigenvalue weighted by molar-refractivity contribution is 7.97. The van der Waals surface area contributed by atoms with Crippen LogP contribution in [0.3, 0.4) is 0 Å². The van der Waals surface area contributed by atoms with Gasteiger partial charge in [0.2, 0.25) is 0 Å². The highest BCUT2D eigenvalue weighted by Crippen LogP contribution is 2.51. The summed E-state index contributed by atoms with van der Waals surface area (Å²) in [6, 6.07) is 26.5. The highest BCUT2D eigenvalue weighted by Gasteiger charge is 2.47. The van der Waals surface area contributed by atoms with Crippen molar-refractivity contribution < 1.29 is 44.5 Å². The molecule has 2 aliphatic rings. The van der Waals surface area contributed by atoms with E-state index in [1.807, 2.05) is 60.7 Å². The molecule has 2 bridgehead atoms. The molecule has 0 N–H and O–H groups in total. The van der Waals surface area contributed by atoms with Gasteiger partial charge in [0, 0.05) is 6.42 Å². The van der Waals surface area contributed by atoms with E-state index in [-0.39, 0.29) is 28.5 Å². The third-order valence-corrected chi connectivity index (χ3v) is 10.5. The molecule has 3 aromatic rings. The van der Waals surface area contributed by atoms with E-state index < -0.39 is 40.4 Å². The molecule has 0 aliphatic heterocycles. The number of carbonyl (C=O) groups is 1. The summed E-state index contributed by atoms with van der Waals surface area (Å²) in [5.41, 5.74) is 0. The molecule has 2 aliphatic carbocycles. The third-order valence-electron chi connectivity index (χ3n) is 7.34. The Balaban J connectivity index is 0.000000227. The zero-order valence-corrected chi connectivity index (χ0v) is 23.9. The highest BCUT2D eigenvalue weighted by atomic mass is 32.2. The van der Waals surface area contributed by atoms with E-state index in [9.17, 15) is 39.7 Å². The van der Waals surface area contributed by atoms with Gasteiger partial charge >= 0.3 is 17.4 Å². The molecule has 5 rings (SSSR count). The minimum atomic E-state index is -5.49. The summed E-state index contributed by atoms with van der Waals surface area (Å²) in [7, 11) is -5.86. The Bertz CT molecular complexity index is 1390. The lowest BCUT2D eigenvalue weighted by molar-refractivity contribution is -0.164. The van der Waals surface area contributed by atoms with Crippen LogP contribution in [0.1, 0.15) is 38.5 Å². The average Bonchev–Trinajstić information content (AvgIpc) is 3.53. The molecule has 0 heterocycles. The SMILES string of the molecule is O=C(CC(F)(F)F)Oc1ccc([S+](c2ccccc2)c2ccccc2)cc1.O=S(=O)([O-])C(F)(F)CC1CC2CCC1C2. The van der Waals surface area contributed by atoms with Crippen LogP contribution >= 0.6 is 0 Å². The van der Waals surface area contributed by atoms with Gasteiger partial charge < -0.3 is 9.29 Å². The third kappa shape index (κ3) is 8.54. The maximum Gasteiger partial charge on any atom is 0.399 e. The number of hydrogen-bond acceptors (Lipinski definition) is 5. The predicted octanol–water partition coefficient (Wildman–Crippen LogP) is 7.59. The van der Waals surface area contributed by atoms with Crippen molar-refractivity contribution in [3.8, 4) is 5.75 Å². The van der Waals surface area contributed by atoms with Gasteiger partial charge in [0.15, 0.2) is 24.8 Å². The zero-order chi connectivity index (χ0) is 30.5. The molecule has 12 heteroatoms. The van der Waals surface area contributed by atoms with Gasteiger partial charge in [0.25, 0.3) is 0 Å². The van der Waals surface area contributed by atoms with E-state index in [4.69, 9.17) is 4.74 Å². The smallest absolute Gasteiger partial charge is 0.399 e. The first-order chi connectivity index (χ1) is 19.7. The second-order valence-corrected chi connectivity index (χ2v) is 13.9. The van der Waals surface area contributed by atoms with Crippen molar-refractivity contribution >= 4 is 27.0 Å². The standard InChI is InChI=1S/C21H16F3O2S.C9H14F2O3S/c22-21(23,24)15-20(25)26-16-11-13-19(14-12-16)27(17-7-3-1-4-8-17)18-9-5-2-6-10-18;10-9(11,15(12,13)14)5-8-4-6-1-2-7(8)3-6/h1-14H,15H2;6-8H,1-5H2,(H,12,13,14)/q+1;/p-1. The maximum absolute atomic E-state index is 13.0. The molecule has 3 aromatic carbocycles. The first kappa shape index (κ1) is 32.0. The number of carbonyl (C=O) groups excluding carboxylic acids is 1. The molecule has 2 fully saturated rings. The van der Waals surface area contributed by atoms with Crippen molar-refractivity contribution in [3.63, 3.8) is 0 Å². The number of ether oxygens (including phenoxy) is 1. The van der Waals surface area contributed by atoms with Crippen LogP contribution in [-0.4, -0.2) is 30.4 Å². The lowest BCUT2D eigenvalue weighted by Gasteiger charge is -2.27. The van der Waals surface area contributed by atoms with Gasteiger partial charge in [-0.25, -0.2) is 8.42 Å². The molecule has 0 aromatic heterocycles. The summed E-state index contributed by atoms with van der Waals surface area (Å²) in [5.74, 6) is -0.812. The Labute approximate surface area is 244 Å². The van der Waals surface area contributed by atoms with Crippen LogP contribution in [0, 0.1) is 17.8 Å². The molecule has 0 spiro atoms. The Kier molecular flexibility index (Phi) is 9.99. The summed E-state index contributed by atoms with van der Waals surface area (Å²) >= 11 is 0. The van der Waals surface area contributed by atoms with Gasteiger partial charge in [0.05, 0.1) is 10.9 Å². The fraction of sp³-hybridized carbons (Fsp3) is 0.367. The molecule has 5 nitrogen and oxygen atoms in total. The molecule has 0 saturated heterocycles. The van der Waals surface area contributed by atoms with E-state index in [2.05, 4.69) is 0 Å². The van der Waals surface area contributed by atoms with Crippen LogP contribution in [0.15, 0.2) is 99.6 Å². The van der Waals surface area contributed by atoms with E-state index in [0.29, 0.717) is 12.3 Å². The maximum atomic E-state index is 13.0. The van der Waals surface area contributed by atoms with Crippen LogP contribution in [0.25, 0.3) is 0 Å². The van der Waals surface area contributed by atoms with Gasteiger partial charge in [-0.15, -0.1) is 0 Å². The molecule has 42 heavy (non-hydrogen) atoms. The fourth-order valence-corrected chi connectivity index (χ4v) is 8.03. The van der Waals surface area contributed by atoms with Gasteiger partial charge in [0.1, 0.15) is 12.2 Å². The normalized spacial score (nSPS) is 20.2. The molecule has 2 saturated carbocycles. The summed E-state index contributed by atoms with van der Waals surface area (Å²) < 4.78 is 98.6. The quantitative estimate of drug-likeness (QED) is 0.0844. The van der Waals surface area contributed by atoms with Gasteiger partial charge in [-0.3, -0.25) is 4.79 Å². The monoisotopic (exact) mass is 628 g/mol. The summed E-state index contributed by atoms with van der Waals surface area (Å²) in [6.07, 6.45) is -3.39. The number of fused-ring (bicyclic) bond motifs is 2. The Morgan fingerprint density at radius 3 is 1.76 bits per heavy atom. The number of benzene rings is 3. The van der Waals surface area contributed by atoms with Crippen molar-refractivity contribution in [2.24, 2.45) is 17.8 Å². The Hall–Kier alpha value is -2.96. The van der Waals surface area contributed by atoms with Gasteiger partial charge in [-0.1, -0.05) is 42.8 Å². The molecule has 226 valence electrons. The van der Waals surface area contributed by atoms with Gasteiger partial charge in [-0.2, -0.15) is 22.0 Å². The first-order valence-electron chi connectivity index (χ1n) is 13.3. The van der Waals surface area contributed by atoms with Crippen molar-refractivity contribution in [3.05, 3.63) is 84.9 Å². The molecule has 3 unspecified atom stereocenters. The van der Waals surface area contributed by atoms with Crippen LogP contribution in [0.5, 0.6) is 5.75 Å². The van der Waals surface area contributed by atoms with Crippen LogP contribution in [-0.2, 0) is 25.8 Å². The number of esters is 1. The van der Waals surface area contributed by atoms with Crippen LogP contribution < -0.4 is 4.74 Å². The zero-order valence-electron chi connectivity index (χ0n) is 22.3. The lowest BCUT2D eigenvalue weighted by atomic mass is 9.86. The average molecular weight is 629 g/mol. The summed E-state index contributed by atoms with van der Waals surface area (Å²) in [5, 5.41) is -4.08. The van der Waals surface area contributed by atoms with Gasteiger partial charge in [-0.05, 0) is 85.5 Å². The number of hydrogen-bond donors (Lipinski definition) is 0. The van der Waals surface area contributed by atoms with E-state index in [1.165, 1.54) is 12.1 Å².